The summed E-state index contributed by atoms with van der Waals surface area (Å²) in [5.74, 6) is -1.19. The number of amides is 1. The monoisotopic (exact) mass is 267 g/mol. The standard InChI is InChI=1S/C12H14FN3O3/c13-9-3-2-8(6-10(9)16(18)19)15-11(17)12(7-14)4-1-5-12/h2-3,6H,1,4-5,7,14H2,(H,15,17). The van der Waals surface area contributed by atoms with Crippen molar-refractivity contribution in [2.75, 3.05) is 11.9 Å². The zero-order valence-corrected chi connectivity index (χ0v) is 10.2. The summed E-state index contributed by atoms with van der Waals surface area (Å²) in [6.45, 7) is 0.238. The third kappa shape index (κ3) is 2.41. The number of hydrogen-bond acceptors (Lipinski definition) is 4. The Kier molecular flexibility index (Phi) is 3.48. The first-order valence-corrected chi connectivity index (χ1v) is 5.94. The quantitative estimate of drug-likeness (QED) is 0.642. The van der Waals surface area contributed by atoms with E-state index in [-0.39, 0.29) is 18.1 Å². The normalized spacial score (nSPS) is 16.5. The first kappa shape index (κ1) is 13.4. The Bertz CT molecular complexity index is 523. The van der Waals surface area contributed by atoms with Crippen molar-refractivity contribution in [1.29, 1.82) is 0 Å². The molecule has 1 aliphatic carbocycles. The van der Waals surface area contributed by atoms with E-state index in [0.29, 0.717) is 12.8 Å². The van der Waals surface area contributed by atoms with E-state index in [2.05, 4.69) is 5.32 Å². The maximum atomic E-state index is 13.2. The van der Waals surface area contributed by atoms with Crippen molar-refractivity contribution in [3.63, 3.8) is 0 Å². The summed E-state index contributed by atoms with van der Waals surface area (Å²) in [6.07, 6.45) is 2.35. The topological polar surface area (TPSA) is 98.3 Å². The maximum absolute atomic E-state index is 13.2. The van der Waals surface area contributed by atoms with E-state index >= 15 is 0 Å². The minimum atomic E-state index is -0.930. The number of nitro groups is 1. The molecule has 0 saturated heterocycles. The van der Waals surface area contributed by atoms with Gasteiger partial charge in [-0.25, -0.2) is 0 Å². The van der Waals surface area contributed by atoms with Crippen LogP contribution in [0.5, 0.6) is 0 Å². The Morgan fingerprint density at radius 3 is 2.68 bits per heavy atom. The Morgan fingerprint density at radius 2 is 2.21 bits per heavy atom. The van der Waals surface area contributed by atoms with Crippen LogP contribution in [0.2, 0.25) is 0 Å². The molecule has 3 N–H and O–H groups in total. The van der Waals surface area contributed by atoms with Crippen molar-refractivity contribution in [1.82, 2.24) is 0 Å². The average Bonchev–Trinajstić information content (AvgIpc) is 2.30. The number of carbonyl (C=O) groups excluding carboxylic acids is 1. The van der Waals surface area contributed by atoms with E-state index in [9.17, 15) is 19.3 Å². The van der Waals surface area contributed by atoms with E-state index in [1.165, 1.54) is 6.07 Å². The van der Waals surface area contributed by atoms with Crippen LogP contribution in [0.15, 0.2) is 18.2 Å². The van der Waals surface area contributed by atoms with Crippen LogP contribution in [0, 0.1) is 21.3 Å². The van der Waals surface area contributed by atoms with Gasteiger partial charge in [-0.1, -0.05) is 6.42 Å². The summed E-state index contributed by atoms with van der Waals surface area (Å²) >= 11 is 0. The molecule has 1 aliphatic rings. The van der Waals surface area contributed by atoms with Crippen LogP contribution in [0.4, 0.5) is 15.8 Å². The Labute approximate surface area is 108 Å². The molecule has 2 rings (SSSR count). The van der Waals surface area contributed by atoms with Crippen molar-refractivity contribution in [2.45, 2.75) is 19.3 Å². The summed E-state index contributed by atoms with van der Waals surface area (Å²) in [6, 6.07) is 3.27. The van der Waals surface area contributed by atoms with Gasteiger partial charge in [-0.3, -0.25) is 14.9 Å². The van der Waals surface area contributed by atoms with Gasteiger partial charge in [0.05, 0.1) is 10.3 Å². The van der Waals surface area contributed by atoms with Crippen molar-refractivity contribution < 1.29 is 14.1 Å². The van der Waals surface area contributed by atoms with E-state index in [4.69, 9.17) is 5.73 Å². The molecule has 102 valence electrons. The Balaban J connectivity index is 2.17. The number of hydrogen-bond donors (Lipinski definition) is 2. The maximum Gasteiger partial charge on any atom is 0.306 e. The molecule has 19 heavy (non-hydrogen) atoms. The molecule has 6 nitrogen and oxygen atoms in total. The van der Waals surface area contributed by atoms with Gasteiger partial charge in [0.15, 0.2) is 0 Å². The summed E-state index contributed by atoms with van der Waals surface area (Å²) in [5, 5.41) is 13.2. The molecule has 0 atom stereocenters. The molecule has 0 bridgehead atoms. The fourth-order valence-electron chi connectivity index (χ4n) is 2.12. The van der Waals surface area contributed by atoms with Crippen LogP contribution < -0.4 is 11.1 Å². The Hall–Kier alpha value is -2.02. The van der Waals surface area contributed by atoms with E-state index in [0.717, 1.165) is 18.6 Å². The van der Waals surface area contributed by atoms with Gasteiger partial charge in [-0.2, -0.15) is 4.39 Å². The lowest BCUT2D eigenvalue weighted by Gasteiger charge is -2.39. The van der Waals surface area contributed by atoms with Crippen molar-refractivity contribution in [3.8, 4) is 0 Å². The van der Waals surface area contributed by atoms with Gasteiger partial charge in [0.1, 0.15) is 0 Å². The number of nitro benzene ring substituents is 1. The lowest BCUT2D eigenvalue weighted by Crippen LogP contribution is -2.47. The van der Waals surface area contributed by atoms with Crippen LogP contribution in [0.25, 0.3) is 0 Å². The number of nitrogens with two attached hydrogens (primary N) is 1. The molecule has 0 radical (unpaired) electrons. The third-order valence-corrected chi connectivity index (χ3v) is 3.58. The highest BCUT2D eigenvalue weighted by atomic mass is 19.1. The van der Waals surface area contributed by atoms with Gasteiger partial charge in [-0.15, -0.1) is 0 Å². The molecule has 7 heteroatoms. The van der Waals surface area contributed by atoms with E-state index < -0.39 is 21.8 Å². The van der Waals surface area contributed by atoms with Crippen LogP contribution in [0.3, 0.4) is 0 Å². The van der Waals surface area contributed by atoms with Gasteiger partial charge < -0.3 is 11.1 Å². The molecule has 1 fully saturated rings. The molecule has 0 aromatic heterocycles. The zero-order chi connectivity index (χ0) is 14.0. The fraction of sp³-hybridized carbons (Fsp3) is 0.417. The minimum Gasteiger partial charge on any atom is -0.329 e. The van der Waals surface area contributed by atoms with Gasteiger partial charge in [0, 0.05) is 18.3 Å². The molecular weight excluding hydrogens is 253 g/mol. The van der Waals surface area contributed by atoms with E-state index in [1.807, 2.05) is 0 Å². The molecule has 1 amide bonds. The molecule has 1 aromatic rings. The SMILES string of the molecule is NCC1(C(=O)Nc2ccc(F)c([N+](=O)[O-])c2)CCC1. The van der Waals surface area contributed by atoms with Gasteiger partial charge >= 0.3 is 5.69 Å². The van der Waals surface area contributed by atoms with Crippen LogP contribution in [0.1, 0.15) is 19.3 Å². The highest BCUT2D eigenvalue weighted by Gasteiger charge is 2.42. The van der Waals surface area contributed by atoms with E-state index in [1.54, 1.807) is 0 Å². The molecule has 0 heterocycles. The second kappa shape index (κ2) is 4.93. The molecule has 0 aliphatic heterocycles. The predicted octanol–water partition coefficient (Wildman–Crippen LogP) is 1.80. The summed E-state index contributed by atoms with van der Waals surface area (Å²) < 4.78 is 13.2. The summed E-state index contributed by atoms with van der Waals surface area (Å²) in [5.41, 5.74) is 4.56. The number of anilines is 1. The number of benzene rings is 1. The second-order valence-electron chi connectivity index (χ2n) is 4.72. The van der Waals surface area contributed by atoms with Gasteiger partial charge in [0.25, 0.3) is 0 Å². The molecule has 0 unspecified atom stereocenters. The summed E-state index contributed by atoms with van der Waals surface area (Å²) in [7, 11) is 0. The van der Waals surface area contributed by atoms with Crippen molar-refractivity contribution in [2.24, 2.45) is 11.1 Å². The van der Waals surface area contributed by atoms with Crippen LogP contribution in [-0.2, 0) is 4.79 Å². The summed E-state index contributed by atoms with van der Waals surface area (Å²) in [4.78, 5) is 21.8. The average molecular weight is 267 g/mol. The number of carbonyl (C=O) groups is 1. The lowest BCUT2D eigenvalue weighted by atomic mass is 9.68. The Morgan fingerprint density at radius 1 is 1.53 bits per heavy atom. The largest absolute Gasteiger partial charge is 0.329 e. The van der Waals surface area contributed by atoms with Gasteiger partial charge in [-0.05, 0) is 25.0 Å². The van der Waals surface area contributed by atoms with Gasteiger partial charge in [0.2, 0.25) is 11.7 Å². The van der Waals surface area contributed by atoms with Crippen LogP contribution in [-0.4, -0.2) is 17.4 Å². The number of nitrogens with one attached hydrogen (secondary N) is 1. The molecule has 1 aromatic carbocycles. The first-order chi connectivity index (χ1) is 8.98. The van der Waals surface area contributed by atoms with Crippen LogP contribution >= 0.6 is 0 Å². The third-order valence-electron chi connectivity index (χ3n) is 3.58. The first-order valence-electron chi connectivity index (χ1n) is 5.94. The fourth-order valence-corrected chi connectivity index (χ4v) is 2.12. The highest BCUT2D eigenvalue weighted by Crippen LogP contribution is 2.41. The van der Waals surface area contributed by atoms with Crippen molar-refractivity contribution in [3.05, 3.63) is 34.1 Å². The molecular formula is C12H14FN3O3. The lowest BCUT2D eigenvalue weighted by molar-refractivity contribution is -0.387. The highest BCUT2D eigenvalue weighted by molar-refractivity contribution is 5.96. The molecule has 0 spiro atoms. The number of halogens is 1. The zero-order valence-electron chi connectivity index (χ0n) is 10.2. The smallest absolute Gasteiger partial charge is 0.306 e. The second-order valence-corrected chi connectivity index (χ2v) is 4.72. The molecule has 1 saturated carbocycles. The number of nitrogens with zero attached hydrogens (tertiary/aromatic N) is 1. The number of rotatable bonds is 4. The minimum absolute atomic E-state index is 0.206. The predicted molar refractivity (Wildman–Crippen MR) is 67.0 cm³/mol. The van der Waals surface area contributed by atoms with Crippen molar-refractivity contribution >= 4 is 17.3 Å².